The van der Waals surface area contributed by atoms with Crippen molar-refractivity contribution in [2.75, 3.05) is 31.2 Å². The summed E-state index contributed by atoms with van der Waals surface area (Å²) in [6.07, 6.45) is -3.40. The van der Waals surface area contributed by atoms with Crippen molar-refractivity contribution in [1.82, 2.24) is 4.98 Å². The molecule has 0 spiro atoms. The molecule has 180 valence electrons. The fraction of sp³-hybridized carbons (Fsp3) is 0.217. The van der Waals surface area contributed by atoms with Crippen LogP contribution in [0.1, 0.15) is 10.4 Å². The first-order valence-corrected chi connectivity index (χ1v) is 11.1. The van der Waals surface area contributed by atoms with E-state index in [1.165, 1.54) is 12.3 Å². The van der Waals surface area contributed by atoms with Crippen LogP contribution < -0.4 is 4.90 Å². The van der Waals surface area contributed by atoms with Gasteiger partial charge in [0, 0.05) is 18.8 Å². The number of nitrogens with zero attached hydrogens (tertiary/aromatic N) is 5. The second-order valence-electron chi connectivity index (χ2n) is 7.25. The van der Waals surface area contributed by atoms with Gasteiger partial charge in [-0.2, -0.15) is 23.5 Å². The number of azo groups is 1. The maximum atomic E-state index is 14.0. The third-order valence-corrected chi connectivity index (χ3v) is 6.02. The van der Waals surface area contributed by atoms with Gasteiger partial charge in [0.15, 0.2) is 5.76 Å². The Kier molecular flexibility index (Phi) is 7.11. The number of halogens is 3. The van der Waals surface area contributed by atoms with Gasteiger partial charge in [-0.1, -0.05) is 0 Å². The predicted molar refractivity (Wildman–Crippen MR) is 124 cm³/mol. The molecule has 0 aliphatic rings. The number of rotatable bonds is 8. The Morgan fingerprint density at radius 1 is 1.09 bits per heavy atom. The monoisotopic (exact) mass is 501 g/mol. The summed E-state index contributed by atoms with van der Waals surface area (Å²) in [6, 6.07) is 12.4. The van der Waals surface area contributed by atoms with Crippen LogP contribution in [-0.4, -0.2) is 41.5 Å². The lowest BCUT2D eigenvalue weighted by Crippen LogP contribution is -2.29. The largest absolute Gasteiger partial charge is 0.463 e. The summed E-state index contributed by atoms with van der Waals surface area (Å²) in [5, 5.41) is 35.7. The molecule has 4 rings (SSSR count). The minimum absolute atomic E-state index is 0.00396. The van der Waals surface area contributed by atoms with Gasteiger partial charge >= 0.3 is 6.18 Å². The molecule has 0 atom stereocenters. The molecular formula is C23H18F3N5O3S. The van der Waals surface area contributed by atoms with Crippen molar-refractivity contribution in [3.63, 3.8) is 0 Å². The van der Waals surface area contributed by atoms with Crippen molar-refractivity contribution >= 4 is 38.6 Å². The lowest BCUT2D eigenvalue weighted by molar-refractivity contribution is -0.136. The summed E-state index contributed by atoms with van der Waals surface area (Å²) < 4.78 is 47.2. The number of nitriles is 1. The van der Waals surface area contributed by atoms with E-state index in [-0.39, 0.29) is 45.4 Å². The fourth-order valence-electron chi connectivity index (χ4n) is 3.48. The lowest BCUT2D eigenvalue weighted by Gasteiger charge is -2.22. The molecule has 0 saturated carbocycles. The van der Waals surface area contributed by atoms with Crippen LogP contribution in [0.3, 0.4) is 0 Å². The normalized spacial score (nSPS) is 11.9. The van der Waals surface area contributed by atoms with Gasteiger partial charge in [-0.3, -0.25) is 0 Å². The Balaban J connectivity index is 1.76. The maximum Gasteiger partial charge on any atom is 0.417 e. The zero-order chi connectivity index (χ0) is 25.0. The molecule has 35 heavy (non-hydrogen) atoms. The van der Waals surface area contributed by atoms with E-state index in [4.69, 9.17) is 4.42 Å². The summed E-state index contributed by atoms with van der Waals surface area (Å²) >= 11 is 0.796. The van der Waals surface area contributed by atoms with E-state index in [2.05, 4.69) is 15.2 Å². The quantitative estimate of drug-likeness (QED) is 0.301. The number of aliphatic hydroxyl groups excluding tert-OH is 2. The topological polar surface area (TPSA) is 118 Å². The van der Waals surface area contributed by atoms with Gasteiger partial charge in [-0.25, -0.2) is 4.98 Å². The van der Waals surface area contributed by atoms with Crippen LogP contribution in [0.5, 0.6) is 0 Å². The zero-order valence-electron chi connectivity index (χ0n) is 18.0. The van der Waals surface area contributed by atoms with Crippen molar-refractivity contribution in [2.45, 2.75) is 6.18 Å². The predicted octanol–water partition coefficient (Wildman–Crippen LogP) is 5.65. The molecule has 3 aromatic heterocycles. The van der Waals surface area contributed by atoms with E-state index >= 15 is 0 Å². The molecule has 0 saturated heterocycles. The van der Waals surface area contributed by atoms with Gasteiger partial charge in [-0.15, -0.1) is 16.5 Å². The summed E-state index contributed by atoms with van der Waals surface area (Å²) in [6.45, 7) is 0.448. The molecule has 1 aromatic carbocycles. The number of furan rings is 1. The Labute approximate surface area is 201 Å². The number of hydrogen-bond acceptors (Lipinski definition) is 9. The molecule has 0 aliphatic carbocycles. The Bertz CT molecular complexity index is 1370. The van der Waals surface area contributed by atoms with Gasteiger partial charge in [0.1, 0.15) is 27.2 Å². The van der Waals surface area contributed by atoms with Crippen LogP contribution >= 0.6 is 11.3 Å². The van der Waals surface area contributed by atoms with Crippen molar-refractivity contribution in [3.05, 3.63) is 59.2 Å². The summed E-state index contributed by atoms with van der Waals surface area (Å²) in [7, 11) is 0. The zero-order valence-corrected chi connectivity index (χ0v) is 18.8. The minimum Gasteiger partial charge on any atom is -0.463 e. The number of thiophene rings is 1. The third-order valence-electron chi connectivity index (χ3n) is 5.04. The van der Waals surface area contributed by atoms with E-state index in [0.29, 0.717) is 18.8 Å². The molecule has 0 aliphatic heterocycles. The summed E-state index contributed by atoms with van der Waals surface area (Å²) in [5.41, 5.74) is -0.127. The van der Waals surface area contributed by atoms with Gasteiger partial charge in [0.2, 0.25) is 0 Å². The Morgan fingerprint density at radius 3 is 2.37 bits per heavy atom. The van der Waals surface area contributed by atoms with E-state index in [0.717, 1.165) is 23.1 Å². The Morgan fingerprint density at radius 2 is 1.80 bits per heavy atom. The maximum absolute atomic E-state index is 14.0. The third kappa shape index (κ3) is 5.17. The number of anilines is 1. The van der Waals surface area contributed by atoms with Crippen LogP contribution in [-0.2, 0) is 6.18 Å². The van der Waals surface area contributed by atoms with Gasteiger partial charge in [0.25, 0.3) is 0 Å². The van der Waals surface area contributed by atoms with E-state index < -0.39 is 11.7 Å². The molecule has 2 N–H and O–H groups in total. The number of alkyl halides is 3. The van der Waals surface area contributed by atoms with Gasteiger partial charge < -0.3 is 19.5 Å². The highest BCUT2D eigenvalue weighted by Gasteiger charge is 2.36. The lowest BCUT2D eigenvalue weighted by atomic mass is 10.1. The standard InChI is InChI=1S/C23H18F3N5O3S/c24-23(25,26)16-12-17(18-2-1-11-34-18)28-22-20(16)21(19(13-27)35-22)30-29-14-3-5-15(6-4-14)31(7-9-32)8-10-33/h1-6,11-12,32-33H,7-10H2. The van der Waals surface area contributed by atoms with Crippen LogP contribution in [0.25, 0.3) is 21.7 Å². The Hall–Kier alpha value is -3.79. The molecule has 12 heteroatoms. The second kappa shape index (κ2) is 10.2. The molecule has 3 heterocycles. The van der Waals surface area contributed by atoms with Crippen molar-refractivity contribution in [2.24, 2.45) is 10.2 Å². The second-order valence-corrected chi connectivity index (χ2v) is 8.25. The number of aromatic nitrogens is 1. The van der Waals surface area contributed by atoms with Crippen LogP contribution in [0.15, 0.2) is 63.4 Å². The number of pyridine rings is 1. The van der Waals surface area contributed by atoms with E-state index in [9.17, 15) is 28.6 Å². The van der Waals surface area contributed by atoms with Gasteiger partial charge in [-0.05, 0) is 42.5 Å². The van der Waals surface area contributed by atoms with Crippen molar-refractivity contribution < 1.29 is 27.8 Å². The highest BCUT2D eigenvalue weighted by molar-refractivity contribution is 7.19. The molecule has 0 radical (unpaired) electrons. The number of aliphatic hydroxyl groups is 2. The SMILES string of the molecule is N#Cc1sc2nc(-c3ccco3)cc(C(F)(F)F)c2c1N=Nc1ccc(N(CCO)CCO)cc1. The molecule has 8 nitrogen and oxygen atoms in total. The fourth-order valence-corrected chi connectivity index (χ4v) is 4.41. The first-order valence-electron chi connectivity index (χ1n) is 10.3. The minimum atomic E-state index is -4.73. The average Bonchev–Trinajstić information content (AvgIpc) is 3.50. The number of benzene rings is 1. The highest BCUT2D eigenvalue weighted by Crippen LogP contribution is 2.46. The molecular weight excluding hydrogens is 483 g/mol. The summed E-state index contributed by atoms with van der Waals surface area (Å²) in [4.78, 5) is 5.98. The van der Waals surface area contributed by atoms with Gasteiger partial charge in [0.05, 0.1) is 36.1 Å². The van der Waals surface area contributed by atoms with Crippen LogP contribution in [0.4, 0.5) is 30.2 Å². The highest BCUT2D eigenvalue weighted by atomic mass is 32.1. The number of hydrogen-bond donors (Lipinski definition) is 2. The smallest absolute Gasteiger partial charge is 0.417 e. The van der Waals surface area contributed by atoms with Crippen molar-refractivity contribution in [3.8, 4) is 17.5 Å². The van der Waals surface area contributed by atoms with Crippen LogP contribution in [0.2, 0.25) is 0 Å². The van der Waals surface area contributed by atoms with Crippen molar-refractivity contribution in [1.29, 1.82) is 5.26 Å². The first-order chi connectivity index (χ1) is 16.9. The molecule has 4 aromatic rings. The molecule has 0 amide bonds. The van der Waals surface area contributed by atoms with E-state index in [1.807, 2.05) is 6.07 Å². The molecule has 0 unspecified atom stereocenters. The molecule has 0 fully saturated rings. The van der Waals surface area contributed by atoms with Crippen LogP contribution in [0, 0.1) is 11.3 Å². The summed E-state index contributed by atoms with van der Waals surface area (Å²) in [5.74, 6) is 0.170. The first kappa shape index (κ1) is 24.3. The molecule has 0 bridgehead atoms. The number of fused-ring (bicyclic) bond motifs is 1. The average molecular weight is 501 g/mol. The van der Waals surface area contributed by atoms with E-state index in [1.54, 1.807) is 35.2 Å².